The SMILES string of the molecule is Nc1ccc(C2=C(c3cccc(Cl)c3)N=CCN2)cc1. The summed E-state index contributed by atoms with van der Waals surface area (Å²) in [5.74, 6) is 0. The van der Waals surface area contributed by atoms with Crippen molar-refractivity contribution in [3.63, 3.8) is 0 Å². The van der Waals surface area contributed by atoms with Crippen LogP contribution in [0.15, 0.2) is 53.5 Å². The summed E-state index contributed by atoms with van der Waals surface area (Å²) in [4.78, 5) is 4.52. The lowest BCUT2D eigenvalue weighted by Crippen LogP contribution is -2.19. The normalized spacial score (nSPS) is 14.2. The van der Waals surface area contributed by atoms with Crippen molar-refractivity contribution >= 4 is 34.9 Å². The summed E-state index contributed by atoms with van der Waals surface area (Å²) in [6.45, 7) is 0.712. The second-order valence-corrected chi connectivity index (χ2v) is 4.98. The number of nitrogen functional groups attached to an aromatic ring is 1. The van der Waals surface area contributed by atoms with E-state index < -0.39 is 0 Å². The van der Waals surface area contributed by atoms with Crippen molar-refractivity contribution in [2.45, 2.75) is 0 Å². The van der Waals surface area contributed by atoms with Gasteiger partial charge in [-0.2, -0.15) is 0 Å². The Balaban J connectivity index is 2.12. The molecule has 0 atom stereocenters. The van der Waals surface area contributed by atoms with Crippen LogP contribution >= 0.6 is 11.6 Å². The van der Waals surface area contributed by atoms with Crippen molar-refractivity contribution in [2.75, 3.05) is 12.3 Å². The van der Waals surface area contributed by atoms with Gasteiger partial charge in [-0.3, -0.25) is 4.99 Å². The maximum absolute atomic E-state index is 6.07. The molecule has 0 amide bonds. The first-order chi connectivity index (χ1) is 9.74. The van der Waals surface area contributed by atoms with E-state index in [0.29, 0.717) is 11.6 Å². The van der Waals surface area contributed by atoms with Crippen molar-refractivity contribution in [3.8, 4) is 0 Å². The van der Waals surface area contributed by atoms with Crippen LogP contribution in [0, 0.1) is 0 Å². The van der Waals surface area contributed by atoms with E-state index in [4.69, 9.17) is 17.3 Å². The minimum atomic E-state index is 0.701. The van der Waals surface area contributed by atoms with E-state index >= 15 is 0 Å². The monoisotopic (exact) mass is 283 g/mol. The lowest BCUT2D eigenvalue weighted by molar-refractivity contribution is 1.04. The Morgan fingerprint density at radius 2 is 1.85 bits per heavy atom. The van der Waals surface area contributed by atoms with Crippen LogP contribution < -0.4 is 11.1 Å². The first-order valence-electron chi connectivity index (χ1n) is 6.36. The van der Waals surface area contributed by atoms with E-state index in [1.54, 1.807) is 0 Å². The number of nitrogens with zero attached hydrogens (tertiary/aromatic N) is 1. The third kappa shape index (κ3) is 2.53. The first kappa shape index (κ1) is 12.8. The smallest absolute Gasteiger partial charge is 0.0936 e. The summed E-state index contributed by atoms with van der Waals surface area (Å²) in [5, 5.41) is 4.07. The van der Waals surface area contributed by atoms with E-state index in [1.807, 2.05) is 54.7 Å². The summed E-state index contributed by atoms with van der Waals surface area (Å²) < 4.78 is 0. The molecule has 0 saturated carbocycles. The Bertz CT molecular complexity index is 687. The van der Waals surface area contributed by atoms with Gasteiger partial charge in [-0.05, 0) is 29.8 Å². The van der Waals surface area contributed by atoms with Gasteiger partial charge in [0.2, 0.25) is 0 Å². The zero-order chi connectivity index (χ0) is 13.9. The molecule has 0 aliphatic carbocycles. The molecule has 0 saturated heterocycles. The summed E-state index contributed by atoms with van der Waals surface area (Å²) in [5.41, 5.74) is 10.4. The lowest BCUT2D eigenvalue weighted by atomic mass is 10.0. The number of benzene rings is 2. The number of halogens is 1. The van der Waals surface area contributed by atoms with Crippen molar-refractivity contribution < 1.29 is 0 Å². The minimum absolute atomic E-state index is 0.701. The van der Waals surface area contributed by atoms with E-state index in [9.17, 15) is 0 Å². The van der Waals surface area contributed by atoms with E-state index in [-0.39, 0.29) is 0 Å². The van der Waals surface area contributed by atoms with Crippen molar-refractivity contribution in [2.24, 2.45) is 4.99 Å². The first-order valence-corrected chi connectivity index (χ1v) is 6.74. The van der Waals surface area contributed by atoms with Gasteiger partial charge in [-0.15, -0.1) is 0 Å². The van der Waals surface area contributed by atoms with Gasteiger partial charge < -0.3 is 11.1 Å². The van der Waals surface area contributed by atoms with Crippen molar-refractivity contribution in [1.29, 1.82) is 0 Å². The van der Waals surface area contributed by atoms with Crippen LogP contribution in [0.2, 0.25) is 5.02 Å². The molecular formula is C16H14ClN3. The van der Waals surface area contributed by atoms with E-state index in [2.05, 4.69) is 10.3 Å². The van der Waals surface area contributed by atoms with Gasteiger partial charge in [0.25, 0.3) is 0 Å². The molecule has 1 aliphatic heterocycles. The molecule has 0 spiro atoms. The Hall–Kier alpha value is -2.26. The summed E-state index contributed by atoms with van der Waals surface area (Å²) >= 11 is 6.07. The molecule has 0 aromatic heterocycles. The topological polar surface area (TPSA) is 50.4 Å². The number of nitrogens with two attached hydrogens (primary N) is 1. The van der Waals surface area contributed by atoms with Crippen molar-refractivity contribution in [3.05, 3.63) is 64.7 Å². The van der Waals surface area contributed by atoms with Crippen LogP contribution in [-0.2, 0) is 0 Å². The Morgan fingerprint density at radius 1 is 1.05 bits per heavy atom. The molecule has 0 fully saturated rings. The molecule has 3 rings (SSSR count). The fraction of sp³-hybridized carbons (Fsp3) is 0.0625. The summed E-state index contributed by atoms with van der Waals surface area (Å²) in [7, 11) is 0. The van der Waals surface area contributed by atoms with Crippen LogP contribution in [0.5, 0.6) is 0 Å². The van der Waals surface area contributed by atoms with Crippen LogP contribution in [-0.4, -0.2) is 12.8 Å². The highest BCUT2D eigenvalue weighted by atomic mass is 35.5. The second-order valence-electron chi connectivity index (χ2n) is 4.55. The number of hydrogen-bond acceptors (Lipinski definition) is 3. The molecule has 0 bridgehead atoms. The molecule has 1 heterocycles. The van der Waals surface area contributed by atoms with Crippen molar-refractivity contribution in [1.82, 2.24) is 5.32 Å². The lowest BCUT2D eigenvalue weighted by Gasteiger charge is -2.18. The van der Waals surface area contributed by atoms with Gasteiger partial charge in [-0.25, -0.2) is 0 Å². The zero-order valence-electron chi connectivity index (χ0n) is 10.8. The third-order valence-electron chi connectivity index (χ3n) is 3.12. The van der Waals surface area contributed by atoms with Crippen LogP contribution in [0.4, 0.5) is 5.69 Å². The fourth-order valence-electron chi connectivity index (χ4n) is 2.18. The van der Waals surface area contributed by atoms with E-state index in [0.717, 1.165) is 28.2 Å². The molecule has 20 heavy (non-hydrogen) atoms. The molecule has 3 N–H and O–H groups in total. The fourth-order valence-corrected chi connectivity index (χ4v) is 2.37. The second kappa shape index (κ2) is 5.39. The Kier molecular flexibility index (Phi) is 3.44. The highest BCUT2D eigenvalue weighted by Gasteiger charge is 2.13. The van der Waals surface area contributed by atoms with Gasteiger partial charge in [0.15, 0.2) is 0 Å². The predicted molar refractivity (Wildman–Crippen MR) is 85.6 cm³/mol. The predicted octanol–water partition coefficient (Wildman–Crippen LogP) is 3.42. The average molecular weight is 284 g/mol. The number of nitrogens with one attached hydrogen (secondary N) is 1. The van der Waals surface area contributed by atoms with Gasteiger partial charge in [0.1, 0.15) is 0 Å². The highest BCUT2D eigenvalue weighted by Crippen LogP contribution is 2.28. The minimum Gasteiger partial charge on any atom is -0.399 e. The largest absolute Gasteiger partial charge is 0.399 e. The number of hydrogen-bond donors (Lipinski definition) is 2. The van der Waals surface area contributed by atoms with E-state index in [1.165, 1.54) is 0 Å². The molecule has 2 aromatic carbocycles. The molecular weight excluding hydrogens is 270 g/mol. The molecule has 1 aliphatic rings. The number of aliphatic imine (C=N–C) groups is 1. The standard InChI is InChI=1S/C16H14ClN3/c17-13-3-1-2-12(10-13)16-15(19-8-9-20-16)11-4-6-14(18)7-5-11/h1-7,9-10,19H,8,18H2. The van der Waals surface area contributed by atoms with Gasteiger partial charge in [0.05, 0.1) is 17.9 Å². The Labute approximate surface area is 122 Å². The quantitative estimate of drug-likeness (QED) is 0.830. The molecule has 3 nitrogen and oxygen atoms in total. The third-order valence-corrected chi connectivity index (χ3v) is 3.36. The van der Waals surface area contributed by atoms with Crippen LogP contribution in [0.25, 0.3) is 11.4 Å². The summed E-state index contributed by atoms with van der Waals surface area (Å²) in [6, 6.07) is 15.5. The summed E-state index contributed by atoms with van der Waals surface area (Å²) in [6.07, 6.45) is 1.86. The molecule has 0 unspecified atom stereocenters. The molecule has 4 heteroatoms. The van der Waals surface area contributed by atoms with Crippen LogP contribution in [0.1, 0.15) is 11.1 Å². The van der Waals surface area contributed by atoms with Gasteiger partial charge >= 0.3 is 0 Å². The average Bonchev–Trinajstić information content (AvgIpc) is 2.48. The molecule has 2 aromatic rings. The highest BCUT2D eigenvalue weighted by molar-refractivity contribution is 6.30. The zero-order valence-corrected chi connectivity index (χ0v) is 11.6. The van der Waals surface area contributed by atoms with Gasteiger partial charge in [0, 0.05) is 22.5 Å². The molecule has 0 radical (unpaired) electrons. The number of rotatable bonds is 2. The van der Waals surface area contributed by atoms with Crippen LogP contribution in [0.3, 0.4) is 0 Å². The maximum atomic E-state index is 6.07. The maximum Gasteiger partial charge on any atom is 0.0936 e. The number of anilines is 1. The Morgan fingerprint density at radius 3 is 2.60 bits per heavy atom. The van der Waals surface area contributed by atoms with Gasteiger partial charge in [-0.1, -0.05) is 35.9 Å². The molecule has 100 valence electrons.